The Bertz CT molecular complexity index is 1410. The standard InChI is InChI=1S/C25H26N4O7S/c1-2-7-17(27-25(32)36-22-14-16-8-3-4-9-20(16)35-22)24(31)28-13-11-18-23(28)19(30)15-29(18)37(33,34)21-10-5-6-12-26-21/h3-6,8-10,12,14,17-18,23H,2,7,11,13,15H2,1H3,(H,27,32). The summed E-state index contributed by atoms with van der Waals surface area (Å²) in [5.74, 6) is -0.833. The highest BCUT2D eigenvalue weighted by atomic mass is 32.2. The molecule has 0 radical (unpaired) electrons. The third-order valence-electron chi connectivity index (χ3n) is 6.64. The molecule has 2 saturated heterocycles. The highest BCUT2D eigenvalue weighted by Crippen LogP contribution is 2.34. The molecule has 2 amide bonds. The SMILES string of the molecule is CCCC(NC(=O)Oc1cc2ccccc2o1)C(=O)N1CCC2C1C(=O)CN2S(=O)(=O)c1ccccn1. The number of para-hydroxylation sites is 1. The second kappa shape index (κ2) is 9.94. The highest BCUT2D eigenvalue weighted by molar-refractivity contribution is 7.89. The van der Waals surface area contributed by atoms with E-state index in [1.165, 1.54) is 17.2 Å². The number of carbonyl (C=O) groups excluding carboxylic acids is 3. The number of rotatable bonds is 7. The van der Waals surface area contributed by atoms with Gasteiger partial charge in [0, 0.05) is 24.2 Å². The summed E-state index contributed by atoms with van der Waals surface area (Å²) in [6.07, 6.45) is 1.71. The van der Waals surface area contributed by atoms with Crippen molar-refractivity contribution in [1.82, 2.24) is 19.5 Å². The van der Waals surface area contributed by atoms with Crippen LogP contribution in [0.2, 0.25) is 0 Å². The first-order valence-electron chi connectivity index (χ1n) is 12.0. The molecular weight excluding hydrogens is 500 g/mol. The Morgan fingerprint density at radius 3 is 2.73 bits per heavy atom. The summed E-state index contributed by atoms with van der Waals surface area (Å²) in [4.78, 5) is 44.3. The van der Waals surface area contributed by atoms with E-state index in [4.69, 9.17) is 9.15 Å². The number of fused-ring (bicyclic) bond motifs is 2. The molecule has 4 heterocycles. The molecular formula is C25H26N4O7S. The molecule has 3 aromatic rings. The molecule has 0 spiro atoms. The van der Waals surface area contributed by atoms with E-state index >= 15 is 0 Å². The largest absolute Gasteiger partial charge is 0.425 e. The Kier molecular flexibility index (Phi) is 6.69. The van der Waals surface area contributed by atoms with Crippen LogP contribution in [0.25, 0.3) is 11.0 Å². The zero-order chi connectivity index (χ0) is 26.2. The van der Waals surface area contributed by atoms with Crippen LogP contribution in [0, 0.1) is 0 Å². The predicted octanol–water partition coefficient (Wildman–Crippen LogP) is 2.33. The molecule has 5 rings (SSSR count). The number of sulfonamides is 1. The van der Waals surface area contributed by atoms with Crippen LogP contribution in [0.4, 0.5) is 4.79 Å². The van der Waals surface area contributed by atoms with Crippen LogP contribution in [-0.4, -0.2) is 71.6 Å². The third-order valence-corrected chi connectivity index (χ3v) is 8.42. The highest BCUT2D eigenvalue weighted by Gasteiger charge is 2.54. The number of nitrogens with one attached hydrogen (secondary N) is 1. The molecule has 11 nitrogen and oxygen atoms in total. The van der Waals surface area contributed by atoms with Crippen LogP contribution in [0.5, 0.6) is 5.95 Å². The van der Waals surface area contributed by atoms with Crippen LogP contribution in [0.3, 0.4) is 0 Å². The van der Waals surface area contributed by atoms with Crippen molar-refractivity contribution in [3.8, 4) is 5.95 Å². The number of carbonyl (C=O) groups is 3. The fourth-order valence-electron chi connectivity index (χ4n) is 4.98. The molecule has 12 heteroatoms. The summed E-state index contributed by atoms with van der Waals surface area (Å²) in [7, 11) is -4.01. The van der Waals surface area contributed by atoms with Crippen molar-refractivity contribution < 1.29 is 32.0 Å². The number of ketones is 1. The van der Waals surface area contributed by atoms with Gasteiger partial charge in [-0.2, -0.15) is 4.31 Å². The number of ether oxygens (including phenoxy) is 1. The van der Waals surface area contributed by atoms with E-state index in [2.05, 4.69) is 10.3 Å². The van der Waals surface area contributed by atoms with Crippen molar-refractivity contribution in [2.24, 2.45) is 0 Å². The number of amides is 2. The number of hydrogen-bond acceptors (Lipinski definition) is 8. The third kappa shape index (κ3) is 4.69. The van der Waals surface area contributed by atoms with Crippen LogP contribution in [0.1, 0.15) is 26.2 Å². The molecule has 2 fully saturated rings. The molecule has 3 atom stereocenters. The first-order chi connectivity index (χ1) is 17.8. The van der Waals surface area contributed by atoms with Gasteiger partial charge in [-0.1, -0.05) is 37.6 Å². The van der Waals surface area contributed by atoms with Gasteiger partial charge in [-0.3, -0.25) is 9.59 Å². The quantitative estimate of drug-likeness (QED) is 0.495. The molecule has 1 N–H and O–H groups in total. The lowest BCUT2D eigenvalue weighted by Crippen LogP contribution is -2.53. The van der Waals surface area contributed by atoms with Gasteiger partial charge in [-0.25, -0.2) is 18.2 Å². The minimum atomic E-state index is -4.01. The zero-order valence-electron chi connectivity index (χ0n) is 20.1. The molecule has 0 saturated carbocycles. The number of aromatic nitrogens is 1. The van der Waals surface area contributed by atoms with Crippen LogP contribution >= 0.6 is 0 Å². The van der Waals surface area contributed by atoms with E-state index in [-0.39, 0.29) is 29.8 Å². The van der Waals surface area contributed by atoms with Gasteiger partial charge in [-0.15, -0.1) is 0 Å². The van der Waals surface area contributed by atoms with Gasteiger partial charge < -0.3 is 19.4 Å². The Morgan fingerprint density at radius 2 is 2.00 bits per heavy atom. The van der Waals surface area contributed by atoms with Crippen LogP contribution in [-0.2, 0) is 19.6 Å². The molecule has 2 aliphatic heterocycles. The van der Waals surface area contributed by atoms with Gasteiger partial charge in [0.15, 0.2) is 10.8 Å². The Balaban J connectivity index is 1.29. The van der Waals surface area contributed by atoms with Crippen molar-refractivity contribution in [2.45, 2.75) is 49.3 Å². The number of hydrogen-bond donors (Lipinski definition) is 1. The maximum atomic E-state index is 13.5. The summed E-state index contributed by atoms with van der Waals surface area (Å²) >= 11 is 0. The molecule has 0 aliphatic carbocycles. The van der Waals surface area contributed by atoms with Gasteiger partial charge in [0.05, 0.1) is 12.6 Å². The maximum absolute atomic E-state index is 13.5. The number of benzene rings is 1. The second-order valence-electron chi connectivity index (χ2n) is 9.00. The summed E-state index contributed by atoms with van der Waals surface area (Å²) < 4.78 is 38.2. The van der Waals surface area contributed by atoms with Crippen molar-refractivity contribution in [3.63, 3.8) is 0 Å². The van der Waals surface area contributed by atoms with Crippen LogP contribution < -0.4 is 10.1 Å². The second-order valence-corrected chi connectivity index (χ2v) is 10.8. The monoisotopic (exact) mass is 526 g/mol. The number of likely N-dealkylation sites (tertiary alicyclic amines) is 1. The van der Waals surface area contributed by atoms with Gasteiger partial charge in [0.2, 0.25) is 5.91 Å². The number of furan rings is 1. The van der Waals surface area contributed by atoms with Gasteiger partial charge in [0.25, 0.3) is 16.0 Å². The topological polar surface area (TPSA) is 139 Å². The Morgan fingerprint density at radius 1 is 1.22 bits per heavy atom. The Labute approximate surface area is 213 Å². The molecule has 1 aromatic carbocycles. The lowest BCUT2D eigenvalue weighted by molar-refractivity contribution is -0.138. The molecule has 2 aliphatic rings. The van der Waals surface area contributed by atoms with Crippen molar-refractivity contribution in [1.29, 1.82) is 0 Å². The van der Waals surface area contributed by atoms with Crippen molar-refractivity contribution in [3.05, 3.63) is 54.7 Å². The normalized spacial score (nSPS) is 20.7. The fourth-order valence-corrected chi connectivity index (χ4v) is 6.54. The Hall–Kier alpha value is -3.77. The summed E-state index contributed by atoms with van der Waals surface area (Å²) in [5, 5.41) is 3.20. The van der Waals surface area contributed by atoms with Gasteiger partial charge >= 0.3 is 6.09 Å². The van der Waals surface area contributed by atoms with E-state index < -0.39 is 40.1 Å². The molecule has 37 heavy (non-hydrogen) atoms. The molecule has 3 unspecified atom stereocenters. The summed E-state index contributed by atoms with van der Waals surface area (Å²) in [6.45, 7) is 1.72. The van der Waals surface area contributed by atoms with E-state index in [0.717, 1.165) is 9.69 Å². The average molecular weight is 527 g/mol. The number of pyridine rings is 1. The summed E-state index contributed by atoms with van der Waals surface area (Å²) in [5.41, 5.74) is 0.555. The zero-order valence-corrected chi connectivity index (χ0v) is 20.9. The predicted molar refractivity (Wildman–Crippen MR) is 131 cm³/mol. The summed E-state index contributed by atoms with van der Waals surface area (Å²) in [6, 6.07) is 10.7. The van der Waals surface area contributed by atoms with Gasteiger partial charge in [0.1, 0.15) is 17.7 Å². The number of nitrogens with zero attached hydrogens (tertiary/aromatic N) is 3. The average Bonchev–Trinajstić information content (AvgIpc) is 3.58. The smallest absolute Gasteiger partial charge is 0.415 e. The van der Waals surface area contributed by atoms with Gasteiger partial charge in [-0.05, 0) is 31.0 Å². The van der Waals surface area contributed by atoms with E-state index in [1.807, 2.05) is 19.1 Å². The van der Waals surface area contributed by atoms with E-state index in [9.17, 15) is 22.8 Å². The molecule has 0 bridgehead atoms. The number of Topliss-reactive ketones (excluding diaryl/α,β-unsaturated/α-hetero) is 1. The first-order valence-corrected chi connectivity index (χ1v) is 13.5. The lowest BCUT2D eigenvalue weighted by Gasteiger charge is -2.27. The van der Waals surface area contributed by atoms with E-state index in [0.29, 0.717) is 24.8 Å². The minimum Gasteiger partial charge on any atom is -0.425 e. The van der Waals surface area contributed by atoms with Crippen molar-refractivity contribution >= 4 is 38.8 Å². The minimum absolute atomic E-state index is 0.0102. The maximum Gasteiger partial charge on any atom is 0.415 e. The van der Waals surface area contributed by atoms with Crippen LogP contribution in [0.15, 0.2) is 64.2 Å². The fraction of sp³-hybridized carbons (Fsp3) is 0.360. The lowest BCUT2D eigenvalue weighted by atomic mass is 10.1. The van der Waals surface area contributed by atoms with Crippen molar-refractivity contribution in [2.75, 3.05) is 13.1 Å². The molecule has 194 valence electrons. The van der Waals surface area contributed by atoms with E-state index in [1.54, 1.807) is 30.3 Å². The molecule has 2 aromatic heterocycles. The first kappa shape index (κ1) is 24.9.